The van der Waals surface area contributed by atoms with Gasteiger partial charge in [-0.15, -0.1) is 0 Å². The largest absolute Gasteiger partial charge is 0.369 e. The van der Waals surface area contributed by atoms with Gasteiger partial charge in [-0.05, 0) is 51.3 Å². The van der Waals surface area contributed by atoms with Crippen LogP contribution in [-0.2, 0) is 0 Å². The molecular weight excluding hydrogens is 220 g/mol. The lowest BCUT2D eigenvalue weighted by molar-refractivity contribution is 0.389. The van der Waals surface area contributed by atoms with Crippen LogP contribution in [0.5, 0.6) is 0 Å². The molecule has 1 saturated carbocycles. The first kappa shape index (κ1) is 12.0. The molecule has 1 heterocycles. The van der Waals surface area contributed by atoms with Crippen molar-refractivity contribution >= 4 is 5.69 Å². The number of anilines is 1. The van der Waals surface area contributed by atoms with Crippen LogP contribution in [0.1, 0.15) is 32.3 Å². The van der Waals surface area contributed by atoms with E-state index in [9.17, 15) is 0 Å². The molecule has 2 aliphatic rings. The van der Waals surface area contributed by atoms with Gasteiger partial charge >= 0.3 is 0 Å². The van der Waals surface area contributed by atoms with Gasteiger partial charge in [0.15, 0.2) is 0 Å². The molecule has 18 heavy (non-hydrogen) atoms. The van der Waals surface area contributed by atoms with Crippen molar-refractivity contribution < 1.29 is 0 Å². The van der Waals surface area contributed by atoms with Crippen molar-refractivity contribution in [2.75, 3.05) is 24.5 Å². The molecule has 2 fully saturated rings. The number of hydrogen-bond donors (Lipinski definition) is 1. The normalized spacial score (nSPS) is 24.9. The minimum atomic E-state index is 0.204. The summed E-state index contributed by atoms with van der Waals surface area (Å²) in [5, 5.41) is 3.75. The van der Waals surface area contributed by atoms with Crippen molar-refractivity contribution in [1.82, 2.24) is 5.32 Å². The highest BCUT2D eigenvalue weighted by molar-refractivity contribution is 5.49. The van der Waals surface area contributed by atoms with Gasteiger partial charge in [-0.25, -0.2) is 0 Å². The van der Waals surface area contributed by atoms with Crippen LogP contribution in [0.15, 0.2) is 24.3 Å². The lowest BCUT2D eigenvalue weighted by atomic mass is 10.1. The predicted octanol–water partition coefficient (Wildman–Crippen LogP) is 2.96. The zero-order valence-corrected chi connectivity index (χ0v) is 11.8. The van der Waals surface area contributed by atoms with E-state index in [1.807, 2.05) is 0 Å². The molecule has 1 aliphatic carbocycles. The average molecular weight is 244 g/mol. The summed E-state index contributed by atoms with van der Waals surface area (Å²) in [6.45, 7) is 10.3. The van der Waals surface area contributed by atoms with Crippen LogP contribution in [-0.4, -0.2) is 25.2 Å². The second-order valence-electron chi connectivity index (χ2n) is 6.93. The van der Waals surface area contributed by atoms with Crippen molar-refractivity contribution in [3.05, 3.63) is 29.8 Å². The molecule has 0 amide bonds. The molecule has 0 atom stereocenters. The molecule has 0 bridgehead atoms. The van der Waals surface area contributed by atoms with Gasteiger partial charge < -0.3 is 10.2 Å². The van der Waals surface area contributed by atoms with Crippen molar-refractivity contribution in [3.63, 3.8) is 0 Å². The fourth-order valence-electron chi connectivity index (χ4n) is 3.00. The number of aryl methyl sites for hydroxylation is 1. The van der Waals surface area contributed by atoms with Crippen LogP contribution in [0.3, 0.4) is 0 Å². The Bertz CT molecular complexity index is 438. The van der Waals surface area contributed by atoms with Gasteiger partial charge in [0.1, 0.15) is 0 Å². The molecule has 0 unspecified atom stereocenters. The monoisotopic (exact) mass is 244 g/mol. The summed E-state index contributed by atoms with van der Waals surface area (Å²) in [6, 6.07) is 8.93. The molecule has 98 valence electrons. The highest BCUT2D eigenvalue weighted by Gasteiger charge is 2.47. The Morgan fingerprint density at radius 2 is 1.94 bits per heavy atom. The third-order valence-corrected chi connectivity index (χ3v) is 4.38. The fraction of sp³-hybridized carbons (Fsp3) is 0.625. The number of nitrogens with zero attached hydrogens (tertiary/aromatic N) is 1. The highest BCUT2D eigenvalue weighted by Crippen LogP contribution is 2.47. The molecule has 1 aromatic rings. The van der Waals surface area contributed by atoms with Gasteiger partial charge in [0.05, 0.1) is 0 Å². The third kappa shape index (κ3) is 2.39. The minimum absolute atomic E-state index is 0.204. The maximum absolute atomic E-state index is 3.75. The second kappa shape index (κ2) is 3.99. The Labute approximate surface area is 110 Å². The SMILES string of the molecule is Cc1cccc(N2CC3(CC3)CNC(C)(C)C2)c1. The molecule has 3 rings (SSSR count). The van der Waals surface area contributed by atoms with Crippen LogP contribution in [0.4, 0.5) is 5.69 Å². The summed E-state index contributed by atoms with van der Waals surface area (Å²) in [5.41, 5.74) is 3.50. The van der Waals surface area contributed by atoms with Crippen LogP contribution in [0, 0.1) is 12.3 Å². The average Bonchev–Trinajstić information content (AvgIpc) is 3.07. The molecular formula is C16H24N2. The molecule has 1 aliphatic heterocycles. The van der Waals surface area contributed by atoms with Crippen molar-refractivity contribution in [1.29, 1.82) is 0 Å². The summed E-state index contributed by atoms with van der Waals surface area (Å²) in [6.07, 6.45) is 2.77. The van der Waals surface area contributed by atoms with E-state index in [4.69, 9.17) is 0 Å². The van der Waals surface area contributed by atoms with Crippen molar-refractivity contribution in [3.8, 4) is 0 Å². The number of hydrogen-bond acceptors (Lipinski definition) is 2. The number of benzene rings is 1. The minimum Gasteiger partial charge on any atom is -0.369 e. The van der Waals surface area contributed by atoms with Crippen molar-refractivity contribution in [2.45, 2.75) is 39.2 Å². The lowest BCUT2D eigenvalue weighted by Crippen LogP contribution is -2.46. The Balaban J connectivity index is 1.89. The standard InChI is InChI=1S/C16H24N2/c1-13-5-4-6-14(9-13)18-11-15(2,3)17-10-16(12-18)7-8-16/h4-6,9,17H,7-8,10-12H2,1-3H3. The van der Waals surface area contributed by atoms with E-state index < -0.39 is 0 Å². The first-order chi connectivity index (χ1) is 8.48. The van der Waals surface area contributed by atoms with Crippen molar-refractivity contribution in [2.24, 2.45) is 5.41 Å². The smallest absolute Gasteiger partial charge is 0.0369 e. The molecule has 2 nitrogen and oxygen atoms in total. The van der Waals surface area contributed by atoms with Gasteiger partial charge in [0.25, 0.3) is 0 Å². The van der Waals surface area contributed by atoms with Gasteiger partial charge in [-0.2, -0.15) is 0 Å². The Morgan fingerprint density at radius 1 is 1.17 bits per heavy atom. The fourth-order valence-corrected chi connectivity index (χ4v) is 3.00. The van der Waals surface area contributed by atoms with Gasteiger partial charge in [0.2, 0.25) is 0 Å². The van der Waals surface area contributed by atoms with E-state index in [1.54, 1.807) is 0 Å². The molecule has 0 aromatic heterocycles. The van der Waals surface area contributed by atoms with E-state index in [1.165, 1.54) is 37.2 Å². The topological polar surface area (TPSA) is 15.3 Å². The second-order valence-corrected chi connectivity index (χ2v) is 6.93. The highest BCUT2D eigenvalue weighted by atomic mass is 15.2. The molecule has 1 aromatic carbocycles. The van der Waals surface area contributed by atoms with Gasteiger partial charge in [-0.1, -0.05) is 12.1 Å². The van der Waals surface area contributed by atoms with E-state index in [0.29, 0.717) is 5.41 Å². The van der Waals surface area contributed by atoms with Crippen LogP contribution < -0.4 is 10.2 Å². The first-order valence-corrected chi connectivity index (χ1v) is 7.05. The van der Waals surface area contributed by atoms with Crippen LogP contribution >= 0.6 is 0 Å². The maximum Gasteiger partial charge on any atom is 0.0369 e. The Hall–Kier alpha value is -1.02. The molecule has 1 N–H and O–H groups in total. The van der Waals surface area contributed by atoms with Crippen LogP contribution in [0.25, 0.3) is 0 Å². The predicted molar refractivity (Wildman–Crippen MR) is 77.1 cm³/mol. The summed E-state index contributed by atoms with van der Waals surface area (Å²) < 4.78 is 0. The summed E-state index contributed by atoms with van der Waals surface area (Å²) in [7, 11) is 0. The molecule has 1 saturated heterocycles. The quantitative estimate of drug-likeness (QED) is 0.817. The van der Waals surface area contributed by atoms with E-state index in [-0.39, 0.29) is 5.54 Å². The molecule has 2 heteroatoms. The van der Waals surface area contributed by atoms with E-state index in [2.05, 4.69) is 55.3 Å². The third-order valence-electron chi connectivity index (χ3n) is 4.38. The van der Waals surface area contributed by atoms with Gasteiger partial charge in [0, 0.05) is 36.3 Å². The van der Waals surface area contributed by atoms with Gasteiger partial charge in [-0.3, -0.25) is 0 Å². The maximum atomic E-state index is 3.75. The zero-order chi connectivity index (χ0) is 12.8. The Morgan fingerprint density at radius 3 is 2.61 bits per heavy atom. The Kier molecular flexibility index (Phi) is 2.67. The van der Waals surface area contributed by atoms with E-state index in [0.717, 1.165) is 6.54 Å². The molecule has 0 radical (unpaired) electrons. The number of nitrogens with one attached hydrogen (secondary N) is 1. The summed E-state index contributed by atoms with van der Waals surface area (Å²) >= 11 is 0. The molecule has 1 spiro atoms. The first-order valence-electron chi connectivity index (χ1n) is 7.05. The zero-order valence-electron chi connectivity index (χ0n) is 11.8. The number of rotatable bonds is 1. The lowest BCUT2D eigenvalue weighted by Gasteiger charge is -2.32. The van der Waals surface area contributed by atoms with Crippen LogP contribution in [0.2, 0.25) is 0 Å². The summed E-state index contributed by atoms with van der Waals surface area (Å²) in [4.78, 5) is 2.58. The summed E-state index contributed by atoms with van der Waals surface area (Å²) in [5.74, 6) is 0. The van der Waals surface area contributed by atoms with E-state index >= 15 is 0 Å².